The molecule has 2 saturated carbocycles. The maximum atomic E-state index is 12.9. The van der Waals surface area contributed by atoms with Gasteiger partial charge in [0.25, 0.3) is 0 Å². The summed E-state index contributed by atoms with van der Waals surface area (Å²) < 4.78 is 0. The smallest absolute Gasteiger partial charge is 0.310 e. The second-order valence-electron chi connectivity index (χ2n) is 7.73. The molecule has 3 heteroatoms. The number of rotatable bonds is 4. The Morgan fingerprint density at radius 2 is 1.96 bits per heavy atom. The average Bonchev–Trinajstić information content (AvgIpc) is 2.81. The lowest BCUT2D eigenvalue weighted by molar-refractivity contribution is -0.140. The van der Waals surface area contributed by atoms with Crippen LogP contribution in [0.3, 0.4) is 0 Å². The van der Waals surface area contributed by atoms with Crippen LogP contribution in [0.2, 0.25) is 0 Å². The third-order valence-electron chi connectivity index (χ3n) is 6.36. The number of hydrogen-bond donors (Lipinski definition) is 1. The second kappa shape index (κ2) is 5.33. The van der Waals surface area contributed by atoms with Crippen molar-refractivity contribution in [2.75, 3.05) is 0 Å². The predicted octanol–water partition coefficient (Wildman–Crippen LogP) is 3.88. The van der Waals surface area contributed by atoms with Crippen LogP contribution >= 0.6 is 0 Å². The highest BCUT2D eigenvalue weighted by Crippen LogP contribution is 2.65. The van der Waals surface area contributed by atoms with E-state index in [9.17, 15) is 14.7 Å². The number of fused-ring (bicyclic) bond motifs is 2. The van der Waals surface area contributed by atoms with Crippen LogP contribution in [0.5, 0.6) is 0 Å². The standard InChI is InChI=1S/C20H24O3/c1-19(2)16-9-10-20(19,3)17(21)15(16)12-14(18(22)23)11-13-7-5-4-6-8-13/h4-8,12,14,16H,9-11H2,1-3H3,(H,22,23)/t14-,16+,20-/m1/s1. The molecule has 2 fully saturated rings. The molecule has 1 N–H and O–H groups in total. The lowest BCUT2D eigenvalue weighted by atomic mass is 9.70. The topological polar surface area (TPSA) is 54.4 Å². The Morgan fingerprint density at radius 1 is 1.30 bits per heavy atom. The van der Waals surface area contributed by atoms with Crippen LogP contribution in [0, 0.1) is 22.7 Å². The van der Waals surface area contributed by atoms with E-state index < -0.39 is 11.9 Å². The van der Waals surface area contributed by atoms with Crippen LogP contribution in [0.1, 0.15) is 39.2 Å². The van der Waals surface area contributed by atoms with E-state index in [-0.39, 0.29) is 22.5 Å². The maximum absolute atomic E-state index is 12.9. The van der Waals surface area contributed by atoms with Gasteiger partial charge in [0.1, 0.15) is 0 Å². The molecular weight excluding hydrogens is 288 g/mol. The van der Waals surface area contributed by atoms with Crippen molar-refractivity contribution in [3.63, 3.8) is 0 Å². The van der Waals surface area contributed by atoms with E-state index in [0.29, 0.717) is 6.42 Å². The average molecular weight is 312 g/mol. The highest BCUT2D eigenvalue weighted by Gasteiger charge is 2.63. The Labute approximate surface area is 137 Å². The Balaban J connectivity index is 1.93. The van der Waals surface area contributed by atoms with Crippen LogP contribution in [0.4, 0.5) is 0 Å². The van der Waals surface area contributed by atoms with Crippen molar-refractivity contribution in [3.8, 4) is 0 Å². The lowest BCUT2D eigenvalue weighted by Gasteiger charge is -2.31. The first-order valence-electron chi connectivity index (χ1n) is 8.30. The number of allylic oxidation sites excluding steroid dienone is 1. The highest BCUT2D eigenvalue weighted by atomic mass is 16.4. The fourth-order valence-electron chi connectivity index (χ4n) is 4.42. The number of carboxylic acids is 1. The summed E-state index contributed by atoms with van der Waals surface area (Å²) in [6.07, 6.45) is 4.07. The van der Waals surface area contributed by atoms with Crippen molar-refractivity contribution in [2.45, 2.75) is 40.0 Å². The summed E-state index contributed by atoms with van der Waals surface area (Å²) in [5.74, 6) is -1.15. The second-order valence-corrected chi connectivity index (χ2v) is 7.73. The number of hydrogen-bond acceptors (Lipinski definition) is 2. The molecule has 2 aliphatic rings. The molecular formula is C20H24O3. The number of ketones is 1. The summed E-state index contributed by atoms with van der Waals surface area (Å²) in [6, 6.07) is 9.60. The molecule has 0 radical (unpaired) electrons. The summed E-state index contributed by atoms with van der Waals surface area (Å²) in [4.78, 5) is 24.5. The Morgan fingerprint density at radius 3 is 2.48 bits per heavy atom. The molecule has 1 aromatic carbocycles. The third-order valence-corrected chi connectivity index (χ3v) is 6.36. The van der Waals surface area contributed by atoms with Gasteiger partial charge in [-0.3, -0.25) is 9.59 Å². The van der Waals surface area contributed by atoms with Gasteiger partial charge in [-0.1, -0.05) is 57.2 Å². The number of carbonyl (C=O) groups excluding carboxylic acids is 1. The molecule has 0 aromatic heterocycles. The van der Waals surface area contributed by atoms with Crippen LogP contribution in [-0.4, -0.2) is 16.9 Å². The monoisotopic (exact) mass is 312 g/mol. The molecule has 1 aromatic rings. The number of carboxylic acid groups (broad SMARTS) is 1. The SMILES string of the molecule is CC1(C)[C@H]2CC[C@]1(C)C(=O)C2=C[C@@H](Cc1ccccc1)C(=O)O. The minimum atomic E-state index is -0.861. The Bertz CT molecular complexity index is 671. The molecule has 3 rings (SSSR count). The van der Waals surface area contributed by atoms with Gasteiger partial charge in [0.15, 0.2) is 5.78 Å². The molecule has 3 nitrogen and oxygen atoms in total. The first kappa shape index (κ1) is 16.0. The highest BCUT2D eigenvalue weighted by molar-refractivity contribution is 6.05. The van der Waals surface area contributed by atoms with Crippen LogP contribution < -0.4 is 0 Å². The number of benzene rings is 1. The zero-order valence-electron chi connectivity index (χ0n) is 14.0. The van der Waals surface area contributed by atoms with E-state index in [1.54, 1.807) is 6.08 Å². The normalized spacial score (nSPS) is 31.5. The first-order valence-corrected chi connectivity index (χ1v) is 8.30. The largest absolute Gasteiger partial charge is 0.481 e. The Kier molecular flexibility index (Phi) is 3.70. The summed E-state index contributed by atoms with van der Waals surface area (Å²) in [7, 11) is 0. The van der Waals surface area contributed by atoms with Crippen molar-refractivity contribution < 1.29 is 14.7 Å². The fourth-order valence-corrected chi connectivity index (χ4v) is 4.42. The fraction of sp³-hybridized carbons (Fsp3) is 0.500. The number of carbonyl (C=O) groups is 2. The van der Waals surface area contributed by atoms with Gasteiger partial charge in [0.2, 0.25) is 0 Å². The molecule has 0 aliphatic heterocycles. The zero-order valence-corrected chi connectivity index (χ0v) is 14.0. The zero-order chi connectivity index (χ0) is 16.8. The van der Waals surface area contributed by atoms with Gasteiger partial charge in [-0.25, -0.2) is 0 Å². The van der Waals surface area contributed by atoms with Gasteiger partial charge >= 0.3 is 5.97 Å². The minimum Gasteiger partial charge on any atom is -0.481 e. The molecule has 0 unspecified atom stereocenters. The van der Waals surface area contributed by atoms with E-state index in [1.807, 2.05) is 37.3 Å². The molecule has 3 atom stereocenters. The predicted molar refractivity (Wildman–Crippen MR) is 89.0 cm³/mol. The van der Waals surface area contributed by atoms with Crippen LogP contribution in [-0.2, 0) is 16.0 Å². The molecule has 2 bridgehead atoms. The summed E-state index contributed by atoms with van der Waals surface area (Å²) in [5, 5.41) is 9.59. The van der Waals surface area contributed by atoms with Gasteiger partial charge in [-0.15, -0.1) is 0 Å². The van der Waals surface area contributed by atoms with E-state index in [0.717, 1.165) is 24.0 Å². The van der Waals surface area contributed by atoms with E-state index in [4.69, 9.17) is 0 Å². The van der Waals surface area contributed by atoms with E-state index >= 15 is 0 Å². The molecule has 0 amide bonds. The van der Waals surface area contributed by atoms with Crippen molar-refractivity contribution in [2.24, 2.45) is 22.7 Å². The number of aliphatic carboxylic acids is 1. The molecule has 2 aliphatic carbocycles. The van der Waals surface area contributed by atoms with Gasteiger partial charge < -0.3 is 5.11 Å². The molecule has 0 saturated heterocycles. The molecule has 122 valence electrons. The van der Waals surface area contributed by atoms with Gasteiger partial charge in [-0.2, -0.15) is 0 Å². The quantitative estimate of drug-likeness (QED) is 0.858. The maximum Gasteiger partial charge on any atom is 0.310 e. The van der Waals surface area contributed by atoms with E-state index in [1.165, 1.54) is 0 Å². The summed E-state index contributed by atoms with van der Waals surface area (Å²) in [5.41, 5.74) is 1.33. The first-order chi connectivity index (χ1) is 10.8. The Hall–Kier alpha value is -1.90. The van der Waals surface area contributed by atoms with Crippen LogP contribution in [0.15, 0.2) is 42.0 Å². The van der Waals surface area contributed by atoms with Crippen LogP contribution in [0.25, 0.3) is 0 Å². The van der Waals surface area contributed by atoms with E-state index in [2.05, 4.69) is 13.8 Å². The summed E-state index contributed by atoms with van der Waals surface area (Å²) in [6.45, 7) is 6.34. The number of Topliss-reactive ketones (excluding diaryl/α,β-unsaturated/α-hetero) is 1. The molecule has 0 spiro atoms. The van der Waals surface area contributed by atoms with Gasteiger partial charge in [0.05, 0.1) is 5.92 Å². The van der Waals surface area contributed by atoms with Gasteiger partial charge in [0, 0.05) is 5.41 Å². The molecule has 0 heterocycles. The van der Waals surface area contributed by atoms with Crippen molar-refractivity contribution >= 4 is 11.8 Å². The lowest BCUT2D eigenvalue weighted by Crippen LogP contribution is -2.32. The minimum absolute atomic E-state index is 0.0777. The third kappa shape index (κ3) is 2.34. The van der Waals surface area contributed by atoms with Crippen molar-refractivity contribution in [1.82, 2.24) is 0 Å². The molecule has 23 heavy (non-hydrogen) atoms. The van der Waals surface area contributed by atoms with Crippen molar-refractivity contribution in [3.05, 3.63) is 47.5 Å². The van der Waals surface area contributed by atoms with Gasteiger partial charge in [-0.05, 0) is 41.7 Å². The van der Waals surface area contributed by atoms with Crippen molar-refractivity contribution in [1.29, 1.82) is 0 Å². The summed E-state index contributed by atoms with van der Waals surface area (Å²) >= 11 is 0.